The van der Waals surface area contributed by atoms with Crippen LogP contribution in [0.25, 0.3) is 0 Å². The number of nitrogens with two attached hydrogens (primary N) is 1. The van der Waals surface area contributed by atoms with Crippen LogP contribution in [-0.4, -0.2) is 65.4 Å². The molecular formula is C18H28F2N4O5. The molecule has 0 spiro atoms. The van der Waals surface area contributed by atoms with Crippen LogP contribution in [-0.2, 0) is 19.1 Å². The summed E-state index contributed by atoms with van der Waals surface area (Å²) in [7, 11) is 0. The Morgan fingerprint density at radius 2 is 2.03 bits per heavy atom. The molecule has 2 heterocycles. The first-order chi connectivity index (χ1) is 13.3. The second-order valence-electron chi connectivity index (χ2n) is 8.48. The first-order valence-corrected chi connectivity index (χ1v) is 9.54. The van der Waals surface area contributed by atoms with E-state index in [9.17, 15) is 28.0 Å². The van der Waals surface area contributed by atoms with Crippen LogP contribution < -0.4 is 16.4 Å². The summed E-state index contributed by atoms with van der Waals surface area (Å²) < 4.78 is 33.1. The molecule has 9 nitrogen and oxygen atoms in total. The first kappa shape index (κ1) is 22.8. The fourth-order valence-corrected chi connectivity index (χ4v) is 3.38. The largest absolute Gasteiger partial charge is 0.444 e. The Balaban J connectivity index is 2.14. The van der Waals surface area contributed by atoms with E-state index < -0.39 is 60.3 Å². The molecule has 2 aliphatic heterocycles. The molecule has 0 aliphatic carbocycles. The van der Waals surface area contributed by atoms with Crippen LogP contribution in [0.3, 0.4) is 0 Å². The van der Waals surface area contributed by atoms with E-state index in [0.29, 0.717) is 13.0 Å². The lowest BCUT2D eigenvalue weighted by atomic mass is 9.95. The predicted molar refractivity (Wildman–Crippen MR) is 97.8 cm³/mol. The fourth-order valence-electron chi connectivity index (χ4n) is 3.38. The zero-order chi connectivity index (χ0) is 22.0. The molecule has 2 fully saturated rings. The van der Waals surface area contributed by atoms with Crippen molar-refractivity contribution in [2.45, 2.75) is 70.1 Å². The highest BCUT2D eigenvalue weighted by Crippen LogP contribution is 2.33. The lowest BCUT2D eigenvalue weighted by Crippen LogP contribution is -2.59. The van der Waals surface area contributed by atoms with Crippen molar-refractivity contribution < 1.29 is 32.7 Å². The Kier molecular flexibility index (Phi) is 6.69. The van der Waals surface area contributed by atoms with Crippen molar-refractivity contribution in [1.82, 2.24) is 15.5 Å². The average molecular weight is 418 g/mol. The molecule has 0 saturated carbocycles. The number of nitrogens with one attached hydrogen (secondary N) is 2. The molecule has 2 saturated heterocycles. The predicted octanol–water partition coefficient (Wildman–Crippen LogP) is 0.518. The molecule has 11 heteroatoms. The molecule has 2 rings (SSSR count). The molecule has 4 N–H and O–H groups in total. The van der Waals surface area contributed by atoms with Gasteiger partial charge in [0.15, 0.2) is 0 Å². The number of halogens is 2. The summed E-state index contributed by atoms with van der Waals surface area (Å²) in [6, 6.07) is -2.74. The highest BCUT2D eigenvalue weighted by Gasteiger charge is 2.47. The third-order valence-corrected chi connectivity index (χ3v) is 4.86. The normalized spacial score (nSPS) is 25.1. The number of rotatable bonds is 5. The van der Waals surface area contributed by atoms with Crippen LogP contribution in [0.4, 0.5) is 13.6 Å². The summed E-state index contributed by atoms with van der Waals surface area (Å²) in [5, 5.41) is 4.96. The Bertz CT molecular complexity index is 680. The van der Waals surface area contributed by atoms with E-state index >= 15 is 0 Å². The third-order valence-electron chi connectivity index (χ3n) is 4.86. The van der Waals surface area contributed by atoms with Gasteiger partial charge in [-0.3, -0.25) is 19.3 Å². The summed E-state index contributed by atoms with van der Waals surface area (Å²) in [4.78, 5) is 49.6. The van der Waals surface area contributed by atoms with Gasteiger partial charge >= 0.3 is 6.09 Å². The Hall–Kier alpha value is -2.46. The van der Waals surface area contributed by atoms with Gasteiger partial charge in [0.1, 0.15) is 17.7 Å². The zero-order valence-corrected chi connectivity index (χ0v) is 16.8. The molecule has 29 heavy (non-hydrogen) atoms. The number of nitrogens with zero attached hydrogens (tertiary/aromatic N) is 1. The van der Waals surface area contributed by atoms with Gasteiger partial charge in [0.25, 0.3) is 5.92 Å². The van der Waals surface area contributed by atoms with Crippen LogP contribution in [0.5, 0.6) is 0 Å². The maximum Gasteiger partial charge on any atom is 0.410 e. The standard InChI is InChI=1S/C18H28F2N4O5/c1-17(2,3)29-16(28)24-7-5-18(19,20)9-12(24)15(27)23-11(13(21)25)8-10-4-6-22-14(10)26/h10-12H,4-9H2,1-3H3,(H2,21,25)(H,22,26)(H,23,27)/t10-,11-,12-/m0/s1. The molecular weight excluding hydrogens is 390 g/mol. The van der Waals surface area contributed by atoms with E-state index in [1.807, 2.05) is 0 Å². The fraction of sp³-hybridized carbons (Fsp3) is 0.778. The van der Waals surface area contributed by atoms with Crippen molar-refractivity contribution in [3.8, 4) is 0 Å². The molecule has 0 bridgehead atoms. The Morgan fingerprint density at radius 1 is 1.38 bits per heavy atom. The molecule has 0 aromatic carbocycles. The van der Waals surface area contributed by atoms with Crippen LogP contribution in [0.1, 0.15) is 46.5 Å². The molecule has 2 aliphatic rings. The van der Waals surface area contributed by atoms with Gasteiger partial charge in [-0.1, -0.05) is 0 Å². The van der Waals surface area contributed by atoms with Crippen LogP contribution in [0, 0.1) is 5.92 Å². The third kappa shape index (κ3) is 6.26. The van der Waals surface area contributed by atoms with Gasteiger partial charge in [-0.25, -0.2) is 13.6 Å². The molecule has 4 amide bonds. The summed E-state index contributed by atoms with van der Waals surface area (Å²) in [5.74, 6) is -5.73. The van der Waals surface area contributed by atoms with Crippen LogP contribution in [0.15, 0.2) is 0 Å². The SMILES string of the molecule is CC(C)(C)OC(=O)N1CCC(F)(F)C[C@H]1C(=O)N[C@@H](C[C@@H]1CCNC1=O)C(N)=O. The minimum Gasteiger partial charge on any atom is -0.444 e. The van der Waals surface area contributed by atoms with E-state index in [4.69, 9.17) is 10.5 Å². The van der Waals surface area contributed by atoms with Crippen molar-refractivity contribution in [3.05, 3.63) is 0 Å². The van der Waals surface area contributed by atoms with Crippen molar-refractivity contribution in [3.63, 3.8) is 0 Å². The van der Waals surface area contributed by atoms with Gasteiger partial charge < -0.3 is 21.1 Å². The second-order valence-corrected chi connectivity index (χ2v) is 8.48. The highest BCUT2D eigenvalue weighted by molar-refractivity contribution is 5.91. The van der Waals surface area contributed by atoms with Crippen LogP contribution >= 0.6 is 0 Å². The number of hydrogen-bond donors (Lipinski definition) is 3. The first-order valence-electron chi connectivity index (χ1n) is 9.54. The average Bonchev–Trinajstić information content (AvgIpc) is 2.96. The number of carbonyl (C=O) groups excluding carboxylic acids is 4. The van der Waals surface area contributed by atoms with Gasteiger partial charge in [-0.15, -0.1) is 0 Å². The highest BCUT2D eigenvalue weighted by atomic mass is 19.3. The number of likely N-dealkylation sites (tertiary alicyclic amines) is 1. The molecule has 0 aromatic heterocycles. The van der Waals surface area contributed by atoms with Crippen molar-refractivity contribution in [2.75, 3.05) is 13.1 Å². The van der Waals surface area contributed by atoms with E-state index in [1.165, 1.54) is 0 Å². The van der Waals surface area contributed by atoms with Gasteiger partial charge in [0.2, 0.25) is 17.7 Å². The van der Waals surface area contributed by atoms with Gasteiger partial charge in [0.05, 0.1) is 0 Å². The van der Waals surface area contributed by atoms with Crippen LogP contribution in [0.2, 0.25) is 0 Å². The van der Waals surface area contributed by atoms with E-state index in [2.05, 4.69) is 10.6 Å². The number of primary amides is 1. The van der Waals surface area contributed by atoms with Crippen molar-refractivity contribution in [1.29, 1.82) is 0 Å². The Morgan fingerprint density at radius 3 is 2.55 bits per heavy atom. The van der Waals surface area contributed by atoms with E-state index in [1.54, 1.807) is 20.8 Å². The molecule has 3 atom stereocenters. The molecule has 164 valence electrons. The van der Waals surface area contributed by atoms with Gasteiger partial charge in [0, 0.05) is 31.8 Å². The number of ether oxygens (including phenoxy) is 1. The number of carbonyl (C=O) groups is 4. The molecule has 0 aromatic rings. The number of alkyl halides is 2. The summed E-state index contributed by atoms with van der Waals surface area (Å²) in [6.45, 7) is 4.94. The van der Waals surface area contributed by atoms with E-state index in [-0.39, 0.29) is 18.9 Å². The van der Waals surface area contributed by atoms with Crippen molar-refractivity contribution >= 4 is 23.8 Å². The maximum absolute atomic E-state index is 14.0. The summed E-state index contributed by atoms with van der Waals surface area (Å²) in [6.07, 6.45) is -1.95. The quantitative estimate of drug-likeness (QED) is 0.599. The number of amides is 4. The smallest absolute Gasteiger partial charge is 0.410 e. The van der Waals surface area contributed by atoms with Crippen molar-refractivity contribution in [2.24, 2.45) is 11.7 Å². The number of piperidine rings is 1. The van der Waals surface area contributed by atoms with Gasteiger partial charge in [-0.05, 0) is 33.6 Å². The lowest BCUT2D eigenvalue weighted by Gasteiger charge is -2.39. The number of hydrogen-bond acceptors (Lipinski definition) is 5. The minimum atomic E-state index is -3.14. The topological polar surface area (TPSA) is 131 Å². The zero-order valence-electron chi connectivity index (χ0n) is 16.8. The molecule has 0 radical (unpaired) electrons. The molecule has 0 unspecified atom stereocenters. The summed E-state index contributed by atoms with van der Waals surface area (Å²) in [5.41, 5.74) is 4.46. The maximum atomic E-state index is 14.0. The minimum absolute atomic E-state index is 0.0392. The Labute approximate surface area is 167 Å². The van der Waals surface area contributed by atoms with Gasteiger partial charge in [-0.2, -0.15) is 0 Å². The van der Waals surface area contributed by atoms with E-state index in [0.717, 1.165) is 4.90 Å². The lowest BCUT2D eigenvalue weighted by molar-refractivity contribution is -0.139. The second kappa shape index (κ2) is 8.50. The summed E-state index contributed by atoms with van der Waals surface area (Å²) >= 11 is 0. The monoisotopic (exact) mass is 418 g/mol.